The van der Waals surface area contributed by atoms with Gasteiger partial charge in [-0.05, 0) is 37.5 Å². The zero-order valence-corrected chi connectivity index (χ0v) is 10.6. The minimum Gasteiger partial charge on any atom is -0.494 e. The molecule has 98 valence electrons. The van der Waals surface area contributed by atoms with Gasteiger partial charge in [-0.3, -0.25) is 0 Å². The van der Waals surface area contributed by atoms with Crippen LogP contribution in [0.5, 0.6) is 5.75 Å². The number of ether oxygens (including phenoxy) is 2. The number of nitrogens with two attached hydrogens (primary N) is 1. The maximum absolute atomic E-state index is 11.7. The van der Waals surface area contributed by atoms with Gasteiger partial charge in [0.1, 0.15) is 5.75 Å². The molecule has 4 heteroatoms. The van der Waals surface area contributed by atoms with E-state index in [1.807, 2.05) is 0 Å². The highest BCUT2D eigenvalue weighted by Crippen LogP contribution is 2.32. The Morgan fingerprint density at radius 3 is 2.89 bits per heavy atom. The number of rotatable bonds is 6. The second-order valence-electron chi connectivity index (χ2n) is 4.55. The third-order valence-electron chi connectivity index (χ3n) is 3.01. The summed E-state index contributed by atoms with van der Waals surface area (Å²) in [7, 11) is 0. The molecule has 0 atom stereocenters. The molecule has 1 aromatic rings. The number of benzene rings is 1. The molecule has 4 nitrogen and oxygen atoms in total. The molecule has 0 bridgehead atoms. The molecule has 0 unspecified atom stereocenters. The third kappa shape index (κ3) is 3.39. The van der Waals surface area contributed by atoms with E-state index in [4.69, 9.17) is 15.2 Å². The van der Waals surface area contributed by atoms with Crippen LogP contribution in [0.4, 0.5) is 5.69 Å². The zero-order chi connectivity index (χ0) is 13.0. The molecule has 1 aliphatic carbocycles. The summed E-state index contributed by atoms with van der Waals surface area (Å²) in [5.41, 5.74) is 6.55. The molecule has 2 rings (SSSR count). The number of carbonyl (C=O) groups is 1. The molecule has 0 aromatic heterocycles. The standard InChI is InChI=1S/C14H19NO3/c1-2-17-14(16)12-9-11(5-6-13(12)15)18-8-7-10-3-4-10/h5-6,9-10H,2-4,7-8,15H2,1H3. The quantitative estimate of drug-likeness (QED) is 0.622. The highest BCUT2D eigenvalue weighted by atomic mass is 16.5. The number of hydrogen-bond acceptors (Lipinski definition) is 4. The fraction of sp³-hybridized carbons (Fsp3) is 0.500. The zero-order valence-electron chi connectivity index (χ0n) is 10.6. The summed E-state index contributed by atoms with van der Waals surface area (Å²) in [5, 5.41) is 0. The molecule has 1 fully saturated rings. The van der Waals surface area contributed by atoms with Gasteiger partial charge in [0.2, 0.25) is 0 Å². The molecule has 18 heavy (non-hydrogen) atoms. The topological polar surface area (TPSA) is 61.5 Å². The van der Waals surface area contributed by atoms with Crippen molar-refractivity contribution in [2.75, 3.05) is 18.9 Å². The second-order valence-corrected chi connectivity index (χ2v) is 4.55. The van der Waals surface area contributed by atoms with E-state index in [1.54, 1.807) is 25.1 Å². The van der Waals surface area contributed by atoms with Crippen LogP contribution in [0.2, 0.25) is 0 Å². The molecule has 0 spiro atoms. The number of anilines is 1. The lowest BCUT2D eigenvalue weighted by Crippen LogP contribution is -2.08. The average Bonchev–Trinajstić information content (AvgIpc) is 3.15. The van der Waals surface area contributed by atoms with Crippen LogP contribution in [0.15, 0.2) is 18.2 Å². The Bertz CT molecular complexity index is 427. The van der Waals surface area contributed by atoms with Gasteiger partial charge in [-0.25, -0.2) is 4.79 Å². The van der Waals surface area contributed by atoms with E-state index in [0.717, 1.165) is 12.3 Å². The van der Waals surface area contributed by atoms with Crippen LogP contribution in [-0.2, 0) is 4.74 Å². The number of hydrogen-bond donors (Lipinski definition) is 1. The van der Waals surface area contributed by atoms with Gasteiger partial charge in [0.15, 0.2) is 0 Å². The Hall–Kier alpha value is -1.71. The number of nitrogen functional groups attached to an aromatic ring is 1. The fourth-order valence-corrected chi connectivity index (χ4v) is 1.76. The fourth-order valence-electron chi connectivity index (χ4n) is 1.76. The van der Waals surface area contributed by atoms with Gasteiger partial charge in [-0.15, -0.1) is 0 Å². The Morgan fingerprint density at radius 1 is 1.44 bits per heavy atom. The molecule has 2 N–H and O–H groups in total. The molecular weight excluding hydrogens is 230 g/mol. The normalized spacial score (nSPS) is 14.3. The highest BCUT2D eigenvalue weighted by molar-refractivity contribution is 5.95. The first-order valence-electron chi connectivity index (χ1n) is 6.40. The van der Waals surface area contributed by atoms with Gasteiger partial charge in [0.25, 0.3) is 0 Å². The molecular formula is C14H19NO3. The number of esters is 1. The largest absolute Gasteiger partial charge is 0.494 e. The van der Waals surface area contributed by atoms with Crippen molar-refractivity contribution in [1.82, 2.24) is 0 Å². The predicted octanol–water partition coefficient (Wildman–Crippen LogP) is 2.62. The summed E-state index contributed by atoms with van der Waals surface area (Å²) >= 11 is 0. The van der Waals surface area contributed by atoms with Crippen molar-refractivity contribution in [3.05, 3.63) is 23.8 Å². The summed E-state index contributed by atoms with van der Waals surface area (Å²) in [6.07, 6.45) is 3.72. The molecule has 0 amide bonds. The van der Waals surface area contributed by atoms with Gasteiger partial charge in [0, 0.05) is 5.69 Å². The van der Waals surface area contributed by atoms with Crippen molar-refractivity contribution >= 4 is 11.7 Å². The van der Waals surface area contributed by atoms with Gasteiger partial charge in [0.05, 0.1) is 18.8 Å². The summed E-state index contributed by atoms with van der Waals surface area (Å²) in [6, 6.07) is 5.11. The molecule has 1 saturated carbocycles. The molecule has 1 aliphatic rings. The van der Waals surface area contributed by atoms with Crippen molar-refractivity contribution in [2.24, 2.45) is 5.92 Å². The molecule has 1 aromatic carbocycles. The third-order valence-corrected chi connectivity index (χ3v) is 3.01. The van der Waals surface area contributed by atoms with Crippen LogP contribution in [0, 0.1) is 5.92 Å². The monoisotopic (exact) mass is 249 g/mol. The van der Waals surface area contributed by atoms with Crippen LogP contribution in [0.25, 0.3) is 0 Å². The summed E-state index contributed by atoms with van der Waals surface area (Å²) in [5.74, 6) is 1.11. The smallest absolute Gasteiger partial charge is 0.340 e. The van der Waals surface area contributed by atoms with E-state index in [9.17, 15) is 4.79 Å². The van der Waals surface area contributed by atoms with E-state index >= 15 is 0 Å². The second kappa shape index (κ2) is 5.76. The van der Waals surface area contributed by atoms with Gasteiger partial charge in [-0.2, -0.15) is 0 Å². The highest BCUT2D eigenvalue weighted by Gasteiger charge is 2.20. The Morgan fingerprint density at radius 2 is 2.22 bits per heavy atom. The van der Waals surface area contributed by atoms with E-state index in [0.29, 0.717) is 30.2 Å². The SMILES string of the molecule is CCOC(=O)c1cc(OCCC2CC2)ccc1N. The van der Waals surface area contributed by atoms with Gasteiger partial charge < -0.3 is 15.2 Å². The van der Waals surface area contributed by atoms with Crippen LogP contribution in [0.3, 0.4) is 0 Å². The van der Waals surface area contributed by atoms with Crippen molar-refractivity contribution in [3.63, 3.8) is 0 Å². The predicted molar refractivity (Wildman–Crippen MR) is 69.6 cm³/mol. The van der Waals surface area contributed by atoms with E-state index in [2.05, 4.69) is 0 Å². The lowest BCUT2D eigenvalue weighted by atomic mass is 10.1. The molecule has 0 heterocycles. The maximum Gasteiger partial charge on any atom is 0.340 e. The molecule has 0 radical (unpaired) electrons. The lowest BCUT2D eigenvalue weighted by Gasteiger charge is -2.09. The maximum atomic E-state index is 11.7. The lowest BCUT2D eigenvalue weighted by molar-refractivity contribution is 0.0527. The van der Waals surface area contributed by atoms with Crippen LogP contribution >= 0.6 is 0 Å². The van der Waals surface area contributed by atoms with Crippen LogP contribution in [0.1, 0.15) is 36.5 Å². The minimum absolute atomic E-state index is 0.338. The van der Waals surface area contributed by atoms with Crippen molar-refractivity contribution < 1.29 is 14.3 Å². The summed E-state index contributed by atoms with van der Waals surface area (Å²) in [6.45, 7) is 2.80. The summed E-state index contributed by atoms with van der Waals surface area (Å²) in [4.78, 5) is 11.7. The first kappa shape index (κ1) is 12.7. The van der Waals surface area contributed by atoms with Crippen molar-refractivity contribution in [1.29, 1.82) is 0 Å². The first-order valence-corrected chi connectivity index (χ1v) is 6.40. The van der Waals surface area contributed by atoms with E-state index in [1.165, 1.54) is 12.8 Å². The van der Waals surface area contributed by atoms with Crippen molar-refractivity contribution in [2.45, 2.75) is 26.2 Å². The van der Waals surface area contributed by atoms with Gasteiger partial charge >= 0.3 is 5.97 Å². The van der Waals surface area contributed by atoms with Crippen molar-refractivity contribution in [3.8, 4) is 5.75 Å². The summed E-state index contributed by atoms with van der Waals surface area (Å²) < 4.78 is 10.6. The van der Waals surface area contributed by atoms with E-state index < -0.39 is 5.97 Å². The van der Waals surface area contributed by atoms with E-state index in [-0.39, 0.29) is 0 Å². The molecule has 0 aliphatic heterocycles. The first-order chi connectivity index (χ1) is 8.70. The van der Waals surface area contributed by atoms with Crippen LogP contribution < -0.4 is 10.5 Å². The van der Waals surface area contributed by atoms with Gasteiger partial charge in [-0.1, -0.05) is 12.8 Å². The Kier molecular flexibility index (Phi) is 4.07. The molecule has 0 saturated heterocycles. The average molecular weight is 249 g/mol. The Labute approximate surface area is 107 Å². The Balaban J connectivity index is 1.97. The van der Waals surface area contributed by atoms with Crippen LogP contribution in [-0.4, -0.2) is 19.2 Å². The number of carbonyl (C=O) groups excluding carboxylic acids is 1. The minimum atomic E-state index is -0.400.